The van der Waals surface area contributed by atoms with E-state index < -0.39 is 0 Å². The van der Waals surface area contributed by atoms with E-state index in [0.29, 0.717) is 23.9 Å². The fourth-order valence-electron chi connectivity index (χ4n) is 1.57. The molecular weight excluding hydrogens is 230 g/mol. The number of anilines is 2. The highest BCUT2D eigenvalue weighted by atomic mass is 15.4. The number of hydrogen-bond donors (Lipinski definition) is 2. The van der Waals surface area contributed by atoms with Crippen LogP contribution >= 0.6 is 0 Å². The summed E-state index contributed by atoms with van der Waals surface area (Å²) in [4.78, 5) is 13.0. The van der Waals surface area contributed by atoms with Gasteiger partial charge in [0.05, 0.1) is 0 Å². The van der Waals surface area contributed by atoms with Crippen molar-refractivity contribution in [1.82, 2.24) is 24.7 Å². The molecule has 1 fully saturated rings. The molecule has 2 aromatic heterocycles. The second-order valence-electron chi connectivity index (χ2n) is 4.18. The van der Waals surface area contributed by atoms with E-state index in [-0.39, 0.29) is 0 Å². The largest absolute Gasteiger partial charge is 0.354 e. The fourth-order valence-corrected chi connectivity index (χ4v) is 1.57. The molecule has 0 bridgehead atoms. The summed E-state index contributed by atoms with van der Waals surface area (Å²) in [6, 6.07) is 2.34. The van der Waals surface area contributed by atoms with Crippen LogP contribution in [0.25, 0.3) is 5.95 Å². The molecule has 0 radical (unpaired) electrons. The highest BCUT2D eigenvalue weighted by Crippen LogP contribution is 2.23. The molecule has 2 N–H and O–H groups in total. The van der Waals surface area contributed by atoms with Crippen LogP contribution in [-0.2, 0) is 0 Å². The van der Waals surface area contributed by atoms with Gasteiger partial charge >= 0.3 is 0 Å². The lowest BCUT2D eigenvalue weighted by Crippen LogP contribution is -2.13. The maximum absolute atomic E-state index is 4.37. The zero-order valence-electron chi connectivity index (χ0n) is 10.2. The maximum Gasteiger partial charge on any atom is 0.257 e. The van der Waals surface area contributed by atoms with Crippen LogP contribution in [0.2, 0.25) is 0 Å². The smallest absolute Gasteiger partial charge is 0.257 e. The number of hydrogen-bond acceptors (Lipinski definition) is 6. The normalized spacial score (nSPS) is 14.5. The summed E-state index contributed by atoms with van der Waals surface area (Å²) >= 11 is 0. The van der Waals surface area contributed by atoms with Gasteiger partial charge in [0.15, 0.2) is 0 Å². The van der Waals surface area contributed by atoms with E-state index in [1.807, 2.05) is 19.2 Å². The average Bonchev–Trinajstić information content (AvgIpc) is 3.00. The van der Waals surface area contributed by atoms with Crippen molar-refractivity contribution in [1.29, 1.82) is 0 Å². The SMILES string of the molecule is CCNc1nc(NC2CC2)nc(-n2cccn2)n1. The predicted octanol–water partition coefficient (Wildman–Crippen LogP) is 1.06. The quantitative estimate of drug-likeness (QED) is 0.820. The van der Waals surface area contributed by atoms with Crippen LogP contribution in [0, 0.1) is 0 Å². The molecule has 0 unspecified atom stereocenters. The van der Waals surface area contributed by atoms with Crippen LogP contribution in [0.4, 0.5) is 11.9 Å². The third-order valence-corrected chi connectivity index (χ3v) is 2.58. The van der Waals surface area contributed by atoms with Crippen molar-refractivity contribution in [2.45, 2.75) is 25.8 Å². The minimum Gasteiger partial charge on any atom is -0.354 e. The molecule has 0 saturated heterocycles. The fraction of sp³-hybridized carbons (Fsp3) is 0.455. The van der Waals surface area contributed by atoms with Crippen LogP contribution in [0.1, 0.15) is 19.8 Å². The molecule has 0 aromatic carbocycles. The van der Waals surface area contributed by atoms with Crippen LogP contribution in [-0.4, -0.2) is 37.3 Å². The van der Waals surface area contributed by atoms with Gasteiger partial charge in [0.1, 0.15) is 0 Å². The molecule has 7 heteroatoms. The van der Waals surface area contributed by atoms with Gasteiger partial charge in [-0.15, -0.1) is 0 Å². The zero-order valence-corrected chi connectivity index (χ0v) is 10.2. The van der Waals surface area contributed by atoms with E-state index >= 15 is 0 Å². The maximum atomic E-state index is 4.37. The van der Waals surface area contributed by atoms with Crippen LogP contribution in [0.15, 0.2) is 18.5 Å². The standard InChI is InChI=1S/C11H15N7/c1-2-12-9-15-10(14-8-4-5-8)17-11(16-9)18-7-3-6-13-18/h3,6-8H,2,4-5H2,1H3,(H2,12,14,15,16,17). The van der Waals surface area contributed by atoms with Crippen LogP contribution in [0.3, 0.4) is 0 Å². The average molecular weight is 245 g/mol. The molecular formula is C11H15N7. The monoisotopic (exact) mass is 245 g/mol. The van der Waals surface area contributed by atoms with Crippen LogP contribution in [0.5, 0.6) is 0 Å². The summed E-state index contributed by atoms with van der Waals surface area (Å²) in [6.07, 6.45) is 5.87. The summed E-state index contributed by atoms with van der Waals surface area (Å²) in [7, 11) is 0. The molecule has 7 nitrogen and oxygen atoms in total. The van der Waals surface area contributed by atoms with Gasteiger partial charge in [-0.3, -0.25) is 0 Å². The van der Waals surface area contributed by atoms with Crippen molar-refractivity contribution in [2.75, 3.05) is 17.2 Å². The van der Waals surface area contributed by atoms with E-state index in [1.54, 1.807) is 10.9 Å². The Bertz CT molecular complexity index is 518. The van der Waals surface area contributed by atoms with Crippen molar-refractivity contribution in [3.8, 4) is 5.95 Å². The van der Waals surface area contributed by atoms with Gasteiger partial charge in [-0.25, -0.2) is 4.68 Å². The highest BCUT2D eigenvalue weighted by Gasteiger charge is 2.22. The highest BCUT2D eigenvalue weighted by molar-refractivity contribution is 5.39. The molecule has 2 heterocycles. The molecule has 0 atom stereocenters. The molecule has 1 aliphatic carbocycles. The van der Waals surface area contributed by atoms with Gasteiger partial charge in [-0.2, -0.15) is 20.1 Å². The van der Waals surface area contributed by atoms with Crippen molar-refractivity contribution in [3.05, 3.63) is 18.5 Å². The lowest BCUT2D eigenvalue weighted by molar-refractivity contribution is 0.795. The first kappa shape index (κ1) is 10.9. The van der Waals surface area contributed by atoms with Gasteiger partial charge in [-0.05, 0) is 25.8 Å². The molecule has 18 heavy (non-hydrogen) atoms. The molecule has 94 valence electrons. The Morgan fingerprint density at radius 3 is 2.78 bits per heavy atom. The minimum absolute atomic E-state index is 0.507. The first-order valence-corrected chi connectivity index (χ1v) is 6.11. The van der Waals surface area contributed by atoms with Crippen molar-refractivity contribution < 1.29 is 0 Å². The number of aromatic nitrogens is 5. The lowest BCUT2D eigenvalue weighted by Gasteiger charge is -2.08. The van der Waals surface area contributed by atoms with Crippen molar-refractivity contribution in [3.63, 3.8) is 0 Å². The molecule has 1 saturated carbocycles. The number of nitrogens with one attached hydrogen (secondary N) is 2. The number of rotatable bonds is 5. The van der Waals surface area contributed by atoms with Gasteiger partial charge in [0.2, 0.25) is 11.9 Å². The zero-order chi connectivity index (χ0) is 12.4. The Morgan fingerprint density at radius 2 is 2.11 bits per heavy atom. The molecule has 0 amide bonds. The summed E-state index contributed by atoms with van der Waals surface area (Å²) < 4.78 is 1.63. The van der Waals surface area contributed by atoms with Gasteiger partial charge in [0.25, 0.3) is 5.95 Å². The van der Waals surface area contributed by atoms with E-state index in [4.69, 9.17) is 0 Å². The minimum atomic E-state index is 0.507. The van der Waals surface area contributed by atoms with Crippen molar-refractivity contribution >= 4 is 11.9 Å². The summed E-state index contributed by atoms with van der Waals surface area (Å²) in [5.74, 6) is 1.70. The van der Waals surface area contributed by atoms with E-state index in [0.717, 1.165) is 6.54 Å². The summed E-state index contributed by atoms with van der Waals surface area (Å²) in [6.45, 7) is 2.77. The Morgan fingerprint density at radius 1 is 1.28 bits per heavy atom. The Labute approximate surface area is 105 Å². The Hall–Kier alpha value is -2.18. The van der Waals surface area contributed by atoms with Crippen LogP contribution < -0.4 is 10.6 Å². The van der Waals surface area contributed by atoms with Crippen molar-refractivity contribution in [2.24, 2.45) is 0 Å². The Balaban J connectivity index is 1.93. The van der Waals surface area contributed by atoms with Gasteiger partial charge < -0.3 is 10.6 Å². The molecule has 1 aliphatic rings. The van der Waals surface area contributed by atoms with E-state index in [1.165, 1.54) is 12.8 Å². The van der Waals surface area contributed by atoms with Gasteiger partial charge in [-0.1, -0.05) is 0 Å². The second kappa shape index (κ2) is 4.59. The third-order valence-electron chi connectivity index (χ3n) is 2.58. The third kappa shape index (κ3) is 2.39. The molecule has 0 spiro atoms. The molecule has 2 aromatic rings. The molecule has 0 aliphatic heterocycles. The predicted molar refractivity (Wildman–Crippen MR) is 67.8 cm³/mol. The first-order chi connectivity index (χ1) is 8.85. The second-order valence-corrected chi connectivity index (χ2v) is 4.18. The topological polar surface area (TPSA) is 80.5 Å². The number of nitrogens with zero attached hydrogens (tertiary/aromatic N) is 5. The van der Waals surface area contributed by atoms with E-state index in [2.05, 4.69) is 30.7 Å². The van der Waals surface area contributed by atoms with E-state index in [9.17, 15) is 0 Å². The Kier molecular flexibility index (Phi) is 2.79. The lowest BCUT2D eigenvalue weighted by atomic mass is 10.6. The molecule has 3 rings (SSSR count). The first-order valence-electron chi connectivity index (χ1n) is 6.11. The summed E-state index contributed by atoms with van der Waals surface area (Å²) in [5, 5.41) is 10.5. The van der Waals surface area contributed by atoms with Gasteiger partial charge in [0, 0.05) is 25.0 Å². The summed E-state index contributed by atoms with van der Waals surface area (Å²) in [5.41, 5.74) is 0.